The maximum Gasteiger partial charge on any atom is 0.0695 e. The summed E-state index contributed by atoms with van der Waals surface area (Å²) in [4.78, 5) is 10.0. The Labute approximate surface area is 306 Å². The molecule has 4 heteroatoms. The van der Waals surface area contributed by atoms with Crippen LogP contribution in [-0.2, 0) is 23.2 Å². The van der Waals surface area contributed by atoms with Gasteiger partial charge in [-0.25, -0.2) is 0 Å². The highest BCUT2D eigenvalue weighted by atomic mass is 31.1. The lowest BCUT2D eigenvalue weighted by Crippen LogP contribution is -2.52. The zero-order valence-electron chi connectivity index (χ0n) is 31.8. The van der Waals surface area contributed by atoms with Crippen LogP contribution < -0.4 is 10.9 Å². The number of rotatable bonds is 8. The van der Waals surface area contributed by atoms with Crippen LogP contribution in [-0.4, -0.2) is 21.3 Å². The Morgan fingerprint density at radius 1 is 0.520 bits per heavy atom. The molecule has 2 aromatic heterocycles. The van der Waals surface area contributed by atoms with E-state index < -0.39 is 7.92 Å². The molecule has 0 amide bonds. The first kappa shape index (κ1) is 34.2. The third-order valence-corrected chi connectivity index (χ3v) is 20.8. The molecule has 8 aliphatic rings. The maximum atomic E-state index is 5.01. The molecule has 8 bridgehead atoms. The Kier molecular flexibility index (Phi) is 8.92. The van der Waals surface area contributed by atoms with Crippen molar-refractivity contribution in [1.29, 1.82) is 0 Å². The fraction of sp³-hybridized carbons (Fsp3) is 0.652. The van der Waals surface area contributed by atoms with Crippen LogP contribution in [0.25, 0.3) is 0 Å². The van der Waals surface area contributed by atoms with Crippen LogP contribution in [0.3, 0.4) is 0 Å². The fourth-order valence-electron chi connectivity index (χ4n) is 13.2. The van der Waals surface area contributed by atoms with Crippen molar-refractivity contribution >= 4 is 26.7 Å². The first-order valence-electron chi connectivity index (χ1n) is 20.5. The van der Waals surface area contributed by atoms with Gasteiger partial charge in [-0.15, -0.1) is 0 Å². The molecule has 0 N–H and O–H groups in total. The van der Waals surface area contributed by atoms with E-state index >= 15 is 0 Å². The standard InChI is InChI=1S/C46H62N2P2/c1-45(2,3)39-25-37(27-49(41-11-7-9-13-47-41)42-12-8-10-14-48-42)38(26-40(39)46(4,5)6)28-50(43-33-17-29-15-30(19-33)20-34(43)18-29)44-35-21-31-16-32(23-35)24-36(44)22-31/h7-14,25-26,29-36,43-44H,15-24,27-28H2,1-6H3. The molecule has 50 heavy (non-hydrogen) atoms. The topological polar surface area (TPSA) is 25.8 Å². The number of benzene rings is 1. The normalized spacial score (nSPS) is 34.9. The molecule has 2 nitrogen and oxygen atoms in total. The quantitative estimate of drug-likeness (QED) is 0.218. The number of aromatic nitrogens is 2. The molecule has 2 heterocycles. The van der Waals surface area contributed by atoms with E-state index in [0.29, 0.717) is 0 Å². The van der Waals surface area contributed by atoms with Crippen molar-refractivity contribution in [2.75, 3.05) is 0 Å². The van der Waals surface area contributed by atoms with E-state index in [9.17, 15) is 0 Å². The zero-order valence-corrected chi connectivity index (χ0v) is 33.6. The van der Waals surface area contributed by atoms with Crippen LogP contribution in [0.15, 0.2) is 60.9 Å². The van der Waals surface area contributed by atoms with Gasteiger partial charge in [0, 0.05) is 26.5 Å². The Morgan fingerprint density at radius 2 is 0.900 bits per heavy atom. The van der Waals surface area contributed by atoms with Crippen molar-refractivity contribution in [1.82, 2.24) is 9.97 Å². The van der Waals surface area contributed by atoms with Crippen molar-refractivity contribution in [2.45, 2.75) is 140 Å². The third kappa shape index (κ3) is 6.38. The number of nitrogens with zero attached hydrogens (tertiary/aromatic N) is 2. The van der Waals surface area contributed by atoms with Gasteiger partial charge in [0.2, 0.25) is 0 Å². The summed E-state index contributed by atoms with van der Waals surface area (Å²) < 4.78 is 0. The monoisotopic (exact) mass is 704 g/mol. The molecular weight excluding hydrogens is 642 g/mol. The van der Waals surface area contributed by atoms with E-state index in [1.54, 1.807) is 86.5 Å². The average molecular weight is 705 g/mol. The number of hydrogen-bond acceptors (Lipinski definition) is 2. The molecule has 266 valence electrons. The van der Waals surface area contributed by atoms with Crippen LogP contribution in [0, 0.1) is 47.3 Å². The zero-order chi connectivity index (χ0) is 34.4. The molecule has 8 saturated carbocycles. The molecular formula is C46H62N2P2. The van der Waals surface area contributed by atoms with Gasteiger partial charge < -0.3 is 0 Å². The van der Waals surface area contributed by atoms with Crippen LogP contribution in [0.5, 0.6) is 0 Å². The molecule has 11 rings (SSSR count). The number of hydrogen-bond donors (Lipinski definition) is 0. The van der Waals surface area contributed by atoms with Crippen molar-refractivity contribution in [2.24, 2.45) is 47.3 Å². The molecule has 1 aromatic carbocycles. The smallest absolute Gasteiger partial charge is 0.0695 e. The average Bonchev–Trinajstić information content (AvgIpc) is 3.06. The van der Waals surface area contributed by atoms with E-state index in [1.807, 2.05) is 12.4 Å². The van der Waals surface area contributed by atoms with E-state index in [4.69, 9.17) is 9.97 Å². The van der Waals surface area contributed by atoms with Gasteiger partial charge in [-0.05, 0) is 186 Å². The van der Waals surface area contributed by atoms with Crippen LogP contribution in [0.4, 0.5) is 0 Å². The molecule has 0 unspecified atom stereocenters. The molecule has 0 radical (unpaired) electrons. The summed E-state index contributed by atoms with van der Waals surface area (Å²) in [7, 11) is -0.814. The highest BCUT2D eigenvalue weighted by Crippen LogP contribution is 2.72. The van der Waals surface area contributed by atoms with Gasteiger partial charge >= 0.3 is 0 Å². The van der Waals surface area contributed by atoms with E-state index in [0.717, 1.165) is 64.8 Å². The SMILES string of the molecule is CC(C)(C)c1cc(CP(c2ccccn2)c2ccccn2)c(CP(C2C3CC4CC(C3)CC2C4)C2C3CC4CC(C3)CC2C4)cc1C(C)(C)C. The summed E-state index contributed by atoms with van der Waals surface area (Å²) in [5.41, 5.74) is 11.1. The largest absolute Gasteiger partial charge is 0.256 e. The van der Waals surface area contributed by atoms with E-state index in [1.165, 1.54) is 17.0 Å². The molecule has 3 aromatic rings. The summed E-state index contributed by atoms with van der Waals surface area (Å²) in [6.45, 7) is 14.7. The van der Waals surface area contributed by atoms with Gasteiger partial charge in [0.05, 0.1) is 10.9 Å². The summed E-state index contributed by atoms with van der Waals surface area (Å²) in [5.74, 6) is 8.30. The first-order valence-corrected chi connectivity index (χ1v) is 23.7. The molecule has 8 aliphatic carbocycles. The second kappa shape index (κ2) is 13.0. The summed E-state index contributed by atoms with van der Waals surface area (Å²) >= 11 is 0. The van der Waals surface area contributed by atoms with Crippen molar-refractivity contribution in [3.8, 4) is 0 Å². The van der Waals surface area contributed by atoms with Crippen molar-refractivity contribution in [3.63, 3.8) is 0 Å². The lowest BCUT2D eigenvalue weighted by atomic mass is 9.55. The van der Waals surface area contributed by atoms with E-state index in [2.05, 4.69) is 90.1 Å². The fourth-order valence-corrected chi connectivity index (χ4v) is 20.0. The predicted molar refractivity (Wildman–Crippen MR) is 214 cm³/mol. The lowest BCUT2D eigenvalue weighted by Gasteiger charge is -2.62. The van der Waals surface area contributed by atoms with Crippen molar-refractivity contribution in [3.05, 3.63) is 83.2 Å². The Balaban J connectivity index is 1.18. The first-order chi connectivity index (χ1) is 24.0. The van der Waals surface area contributed by atoms with Gasteiger partial charge in [0.25, 0.3) is 0 Å². The highest BCUT2D eigenvalue weighted by molar-refractivity contribution is 7.71. The minimum Gasteiger partial charge on any atom is -0.256 e. The van der Waals surface area contributed by atoms with Crippen LogP contribution in [0.2, 0.25) is 0 Å². The minimum atomic E-state index is -0.718. The molecule has 8 fully saturated rings. The summed E-state index contributed by atoms with van der Waals surface area (Å²) in [6.07, 6.45) is 22.1. The summed E-state index contributed by atoms with van der Waals surface area (Å²) in [5, 5.41) is 0. The Bertz CT molecular complexity index is 1530. The van der Waals surface area contributed by atoms with Crippen LogP contribution in [0.1, 0.15) is 128 Å². The summed E-state index contributed by atoms with van der Waals surface area (Å²) in [6, 6.07) is 18.6. The minimum absolute atomic E-state index is 0.0855. The molecule has 0 saturated heterocycles. The van der Waals surface area contributed by atoms with Crippen molar-refractivity contribution < 1.29 is 0 Å². The third-order valence-electron chi connectivity index (χ3n) is 14.6. The number of pyridine rings is 2. The van der Waals surface area contributed by atoms with Gasteiger partial charge in [-0.1, -0.05) is 73.7 Å². The Morgan fingerprint density at radius 3 is 1.24 bits per heavy atom. The molecule has 0 spiro atoms. The highest BCUT2D eigenvalue weighted by Gasteiger charge is 2.56. The van der Waals surface area contributed by atoms with E-state index in [-0.39, 0.29) is 18.8 Å². The molecule has 0 atom stereocenters. The lowest BCUT2D eigenvalue weighted by molar-refractivity contribution is 0.0129. The second-order valence-electron chi connectivity index (χ2n) is 20.1. The van der Waals surface area contributed by atoms with Gasteiger partial charge in [-0.2, -0.15) is 0 Å². The Hall–Kier alpha value is -1.62. The predicted octanol–water partition coefficient (Wildman–Crippen LogP) is 11.3. The maximum absolute atomic E-state index is 5.01. The van der Waals surface area contributed by atoms with Gasteiger partial charge in [-0.3, -0.25) is 9.97 Å². The van der Waals surface area contributed by atoms with Crippen LogP contribution >= 0.6 is 15.8 Å². The second-order valence-corrected chi connectivity index (χ2v) is 24.8. The van der Waals surface area contributed by atoms with Gasteiger partial charge in [0.1, 0.15) is 0 Å². The molecule has 0 aliphatic heterocycles. The van der Waals surface area contributed by atoms with Gasteiger partial charge in [0.15, 0.2) is 0 Å².